The van der Waals surface area contributed by atoms with Crippen LogP contribution in [0.4, 0.5) is 0 Å². The number of carbonyl (C=O) groups excluding carboxylic acids is 1. The van der Waals surface area contributed by atoms with Crippen LogP contribution in [0, 0.1) is 0 Å². The van der Waals surface area contributed by atoms with E-state index in [-0.39, 0.29) is 0 Å². The van der Waals surface area contributed by atoms with Crippen molar-refractivity contribution in [2.24, 2.45) is 0 Å². The van der Waals surface area contributed by atoms with Crippen LogP contribution in [-0.4, -0.2) is 63.6 Å². The van der Waals surface area contributed by atoms with E-state index in [0.717, 1.165) is 19.3 Å². The molecular formula is C32H61NO6. The number of aliphatic hydroxyl groups is 4. The molecule has 0 radical (unpaired) electrons. The lowest BCUT2D eigenvalue weighted by atomic mass is 9.97. The fourth-order valence-corrected chi connectivity index (χ4v) is 5.35. The van der Waals surface area contributed by atoms with Crippen LogP contribution in [0.2, 0.25) is 0 Å². The summed E-state index contributed by atoms with van der Waals surface area (Å²) < 4.78 is 5.04. The number of hydrogen-bond acceptors (Lipinski definition) is 6. The Bertz CT molecular complexity index is 601. The number of unbranched alkanes of at least 4 members (excludes halogenated alkanes) is 21. The molecule has 0 bridgehead atoms. The molecule has 1 heterocycles. The lowest BCUT2D eigenvalue weighted by Crippen LogP contribution is -2.64. The second kappa shape index (κ2) is 24.8. The molecule has 1 unspecified atom stereocenters. The van der Waals surface area contributed by atoms with Gasteiger partial charge >= 0.3 is 0 Å². The van der Waals surface area contributed by atoms with Gasteiger partial charge in [-0.15, -0.1) is 0 Å². The van der Waals surface area contributed by atoms with Gasteiger partial charge in [0.2, 0.25) is 5.91 Å². The van der Waals surface area contributed by atoms with E-state index < -0.39 is 43.2 Å². The highest BCUT2D eigenvalue weighted by Crippen LogP contribution is 2.20. The Kier molecular flexibility index (Phi) is 22.9. The van der Waals surface area contributed by atoms with Crippen molar-refractivity contribution in [2.45, 2.75) is 179 Å². The van der Waals surface area contributed by atoms with Crippen molar-refractivity contribution in [1.82, 2.24) is 5.32 Å². The molecule has 5 N–H and O–H groups in total. The topological polar surface area (TPSA) is 119 Å². The van der Waals surface area contributed by atoms with Crippen LogP contribution in [-0.2, 0) is 9.53 Å². The van der Waals surface area contributed by atoms with Crippen LogP contribution in [0.1, 0.15) is 148 Å². The van der Waals surface area contributed by atoms with E-state index in [2.05, 4.69) is 12.2 Å². The zero-order valence-corrected chi connectivity index (χ0v) is 24.9. The van der Waals surface area contributed by atoms with Gasteiger partial charge in [-0.2, -0.15) is 0 Å². The van der Waals surface area contributed by atoms with E-state index in [1.54, 1.807) is 6.08 Å². The molecule has 5 atom stereocenters. The summed E-state index contributed by atoms with van der Waals surface area (Å²) in [5.74, 6) is -0.458. The summed E-state index contributed by atoms with van der Waals surface area (Å²) in [6.45, 7) is 1.75. The average molecular weight is 556 g/mol. The minimum atomic E-state index is -1.49. The van der Waals surface area contributed by atoms with Crippen LogP contribution in [0.5, 0.6) is 0 Å². The first-order valence-electron chi connectivity index (χ1n) is 16.3. The third-order valence-corrected chi connectivity index (χ3v) is 7.95. The quantitative estimate of drug-likeness (QED) is 0.0690. The minimum Gasteiger partial charge on any atom is -0.394 e. The number of amides is 1. The van der Waals surface area contributed by atoms with Crippen molar-refractivity contribution >= 4 is 5.91 Å². The summed E-state index contributed by atoms with van der Waals surface area (Å²) >= 11 is 0. The Morgan fingerprint density at radius 1 is 0.667 bits per heavy atom. The molecule has 1 aliphatic heterocycles. The summed E-state index contributed by atoms with van der Waals surface area (Å²) in [7, 11) is 0. The zero-order valence-electron chi connectivity index (χ0n) is 24.9. The number of rotatable bonds is 25. The maximum absolute atomic E-state index is 12.1. The third kappa shape index (κ3) is 18.1. The lowest BCUT2D eigenvalue weighted by molar-refractivity contribution is -0.253. The molecule has 0 saturated carbocycles. The molecule has 1 fully saturated rings. The van der Waals surface area contributed by atoms with Crippen molar-refractivity contribution in [3.05, 3.63) is 12.2 Å². The highest BCUT2D eigenvalue weighted by Gasteiger charge is 2.44. The second-order valence-corrected chi connectivity index (χ2v) is 11.5. The van der Waals surface area contributed by atoms with Crippen LogP contribution in [0.3, 0.4) is 0 Å². The van der Waals surface area contributed by atoms with E-state index in [9.17, 15) is 20.1 Å². The molecule has 0 aromatic heterocycles. The molecule has 0 spiro atoms. The number of ether oxygens (including phenoxy) is 1. The highest BCUT2D eigenvalue weighted by atomic mass is 16.6. The zero-order chi connectivity index (χ0) is 28.6. The monoisotopic (exact) mass is 555 g/mol. The molecule has 0 aliphatic carbocycles. The lowest BCUT2D eigenvalue weighted by Gasteiger charge is -2.40. The van der Waals surface area contributed by atoms with Gasteiger partial charge in [-0.3, -0.25) is 4.79 Å². The van der Waals surface area contributed by atoms with Gasteiger partial charge in [-0.05, 0) is 18.9 Å². The van der Waals surface area contributed by atoms with Gasteiger partial charge in [0.25, 0.3) is 0 Å². The number of nitrogens with one attached hydrogen (secondary N) is 1. The van der Waals surface area contributed by atoms with Gasteiger partial charge in [0.15, 0.2) is 6.29 Å². The molecule has 0 aromatic carbocycles. The number of aliphatic hydroxyl groups excluding tert-OH is 4. The van der Waals surface area contributed by atoms with Crippen molar-refractivity contribution in [3.63, 3.8) is 0 Å². The molecule has 1 aliphatic rings. The van der Waals surface area contributed by atoms with Crippen molar-refractivity contribution in [2.75, 3.05) is 6.61 Å². The van der Waals surface area contributed by atoms with Crippen LogP contribution >= 0.6 is 0 Å². The van der Waals surface area contributed by atoms with E-state index in [1.807, 2.05) is 0 Å². The molecule has 1 rings (SSSR count). The molecule has 1 saturated heterocycles. The maximum Gasteiger partial charge on any atom is 0.244 e. The summed E-state index contributed by atoms with van der Waals surface area (Å²) in [5.41, 5.74) is 0. The molecular weight excluding hydrogens is 494 g/mol. The fraction of sp³-hybridized carbons (Fsp3) is 0.906. The Balaban J connectivity index is 1.85. The van der Waals surface area contributed by atoms with Gasteiger partial charge < -0.3 is 30.5 Å². The Hall–Kier alpha value is -0.990. The van der Waals surface area contributed by atoms with Crippen LogP contribution in [0.25, 0.3) is 0 Å². The van der Waals surface area contributed by atoms with E-state index in [4.69, 9.17) is 9.84 Å². The first kappa shape index (κ1) is 36.0. The summed E-state index contributed by atoms with van der Waals surface area (Å²) in [6, 6.07) is -1.15. The van der Waals surface area contributed by atoms with Gasteiger partial charge in [0.05, 0.1) is 6.61 Å². The molecule has 0 aromatic rings. The van der Waals surface area contributed by atoms with Crippen molar-refractivity contribution in [1.29, 1.82) is 0 Å². The van der Waals surface area contributed by atoms with Crippen LogP contribution in [0.15, 0.2) is 12.2 Å². The van der Waals surface area contributed by atoms with Gasteiger partial charge in [0.1, 0.15) is 24.4 Å². The smallest absolute Gasteiger partial charge is 0.244 e. The van der Waals surface area contributed by atoms with Crippen LogP contribution < -0.4 is 5.32 Å². The van der Waals surface area contributed by atoms with E-state index in [1.165, 1.54) is 128 Å². The normalized spacial score (nSPS) is 23.5. The molecule has 39 heavy (non-hydrogen) atoms. The van der Waals surface area contributed by atoms with Gasteiger partial charge in [0, 0.05) is 0 Å². The standard InChI is InChI=1S/C32H61NO6/c1-2-3-4-5-6-7-8-9-10-11-12-13-14-15-16-17-18-19-20-21-22-23-24-25-28(35)33-29-31(37)30(36)27(26-34)39-32(29)38/h24-25,27,29-32,34,36-38H,2-23,26H2,1H3,(H,33,35)/t27-,29-,30-,31-,32?/m1/s1. The molecule has 7 heteroatoms. The highest BCUT2D eigenvalue weighted by molar-refractivity contribution is 5.87. The Morgan fingerprint density at radius 2 is 1.08 bits per heavy atom. The van der Waals surface area contributed by atoms with Gasteiger partial charge in [-0.1, -0.05) is 141 Å². The fourth-order valence-electron chi connectivity index (χ4n) is 5.35. The predicted octanol–water partition coefficient (Wildman–Crippen LogP) is 6.06. The molecule has 230 valence electrons. The number of hydrogen-bond donors (Lipinski definition) is 5. The van der Waals surface area contributed by atoms with E-state index >= 15 is 0 Å². The Morgan fingerprint density at radius 3 is 1.49 bits per heavy atom. The first-order chi connectivity index (χ1) is 19.0. The predicted molar refractivity (Wildman–Crippen MR) is 158 cm³/mol. The number of carbonyl (C=O) groups is 1. The maximum atomic E-state index is 12.1. The first-order valence-corrected chi connectivity index (χ1v) is 16.3. The van der Waals surface area contributed by atoms with Crippen molar-refractivity contribution in [3.8, 4) is 0 Å². The summed E-state index contributed by atoms with van der Waals surface area (Å²) in [4.78, 5) is 12.1. The molecule has 7 nitrogen and oxygen atoms in total. The Labute approximate surface area is 238 Å². The number of allylic oxidation sites excluding steroid dienone is 1. The van der Waals surface area contributed by atoms with E-state index in [0.29, 0.717) is 0 Å². The molecule has 1 amide bonds. The summed E-state index contributed by atoms with van der Waals surface area (Å²) in [5, 5.41) is 41.5. The SMILES string of the molecule is CCCCCCCCCCCCCCCCCCCCCCCC=CC(=O)N[C@H]1C(O)O[C@H](CO)[C@@H](O)[C@@H]1O. The van der Waals surface area contributed by atoms with Gasteiger partial charge in [-0.25, -0.2) is 0 Å². The van der Waals surface area contributed by atoms with Crippen molar-refractivity contribution < 1.29 is 30.0 Å². The summed E-state index contributed by atoms with van der Waals surface area (Å²) in [6.07, 6.45) is 27.1. The second-order valence-electron chi connectivity index (χ2n) is 11.5. The third-order valence-electron chi connectivity index (χ3n) is 7.95. The minimum absolute atomic E-state index is 0.458. The largest absolute Gasteiger partial charge is 0.394 e. The average Bonchev–Trinajstić information content (AvgIpc) is 2.93.